The molecule has 2 heterocycles. The van der Waals surface area contributed by atoms with Gasteiger partial charge in [-0.2, -0.15) is 5.10 Å². The predicted molar refractivity (Wildman–Crippen MR) is 62.9 cm³/mol. The molecule has 0 aliphatic heterocycles. The average Bonchev–Trinajstić information content (AvgIpc) is 2.91. The van der Waals surface area contributed by atoms with Crippen molar-refractivity contribution in [3.05, 3.63) is 40.3 Å². The van der Waals surface area contributed by atoms with E-state index in [-0.39, 0.29) is 0 Å². The second-order valence-electron chi connectivity index (χ2n) is 3.64. The molecule has 4 heteroatoms. The number of hydrogen-bond donors (Lipinski definition) is 2. The molecule has 0 amide bonds. The van der Waals surface area contributed by atoms with Crippen LogP contribution in [0.3, 0.4) is 0 Å². The number of nitrogens with zero attached hydrogens (tertiary/aromatic N) is 1. The Morgan fingerprint density at radius 3 is 2.80 bits per heavy atom. The Labute approximate surface area is 93.5 Å². The maximum atomic E-state index is 3.95. The molecule has 0 spiro atoms. The second-order valence-corrected chi connectivity index (χ2v) is 4.62. The minimum atomic E-state index is 0.296. The lowest BCUT2D eigenvalue weighted by Gasteiger charge is -2.17. The fraction of sp³-hybridized carbons (Fsp3) is 0.364. The van der Waals surface area contributed by atoms with Crippen molar-refractivity contribution in [3.8, 4) is 0 Å². The summed E-state index contributed by atoms with van der Waals surface area (Å²) in [6.07, 6.45) is 1.78. The predicted octanol–water partition coefficient (Wildman–Crippen LogP) is 2.88. The minimum Gasteiger partial charge on any atom is -0.301 e. The zero-order valence-electron chi connectivity index (χ0n) is 8.90. The van der Waals surface area contributed by atoms with E-state index in [0.29, 0.717) is 12.1 Å². The second kappa shape index (κ2) is 4.59. The number of rotatable bonds is 4. The van der Waals surface area contributed by atoms with Crippen LogP contribution in [0.15, 0.2) is 29.8 Å². The summed E-state index contributed by atoms with van der Waals surface area (Å²) in [5.41, 5.74) is 1.12. The number of hydrogen-bond acceptors (Lipinski definition) is 3. The monoisotopic (exact) mass is 221 g/mol. The van der Waals surface area contributed by atoms with Crippen molar-refractivity contribution >= 4 is 11.3 Å². The van der Waals surface area contributed by atoms with E-state index in [2.05, 4.69) is 46.9 Å². The Kier molecular flexibility index (Phi) is 3.18. The summed E-state index contributed by atoms with van der Waals surface area (Å²) in [6, 6.07) is 6.91. The first kappa shape index (κ1) is 10.4. The molecule has 0 aliphatic rings. The molecule has 0 saturated carbocycles. The minimum absolute atomic E-state index is 0.296. The van der Waals surface area contributed by atoms with Gasteiger partial charge >= 0.3 is 0 Å². The van der Waals surface area contributed by atoms with Gasteiger partial charge in [-0.15, -0.1) is 11.3 Å². The highest BCUT2D eigenvalue weighted by Gasteiger charge is 2.12. The van der Waals surface area contributed by atoms with Crippen molar-refractivity contribution in [1.29, 1.82) is 0 Å². The molecule has 2 atom stereocenters. The highest BCUT2D eigenvalue weighted by Crippen LogP contribution is 2.21. The van der Waals surface area contributed by atoms with Gasteiger partial charge < -0.3 is 5.32 Å². The smallest absolute Gasteiger partial charge is 0.0518 e. The van der Waals surface area contributed by atoms with Crippen molar-refractivity contribution in [3.63, 3.8) is 0 Å². The number of aromatic nitrogens is 2. The van der Waals surface area contributed by atoms with Gasteiger partial charge in [0.15, 0.2) is 0 Å². The van der Waals surface area contributed by atoms with E-state index in [1.54, 1.807) is 17.5 Å². The molecular weight excluding hydrogens is 206 g/mol. The molecule has 0 fully saturated rings. The van der Waals surface area contributed by atoms with Crippen LogP contribution in [0.25, 0.3) is 0 Å². The fourth-order valence-electron chi connectivity index (χ4n) is 1.59. The molecule has 2 rings (SSSR count). The van der Waals surface area contributed by atoms with Gasteiger partial charge in [0.05, 0.1) is 5.69 Å². The third-order valence-corrected chi connectivity index (χ3v) is 3.51. The molecule has 3 nitrogen and oxygen atoms in total. The molecular formula is C11H15N3S. The van der Waals surface area contributed by atoms with Gasteiger partial charge in [0.25, 0.3) is 0 Å². The summed E-state index contributed by atoms with van der Waals surface area (Å²) >= 11 is 1.78. The summed E-state index contributed by atoms with van der Waals surface area (Å²) in [6.45, 7) is 4.32. The Morgan fingerprint density at radius 1 is 1.33 bits per heavy atom. The molecule has 0 aliphatic carbocycles. The van der Waals surface area contributed by atoms with Crippen LogP contribution in [0.1, 0.15) is 36.5 Å². The first-order valence-corrected chi connectivity index (χ1v) is 5.94. The van der Waals surface area contributed by atoms with Gasteiger partial charge in [0.1, 0.15) is 0 Å². The molecule has 0 aromatic carbocycles. The number of aromatic amines is 1. The number of H-pyrrole nitrogens is 1. The fourth-order valence-corrected chi connectivity index (χ4v) is 2.34. The summed E-state index contributed by atoms with van der Waals surface area (Å²) in [5, 5.41) is 12.6. The van der Waals surface area contributed by atoms with E-state index in [1.807, 2.05) is 6.07 Å². The van der Waals surface area contributed by atoms with Gasteiger partial charge in [-0.1, -0.05) is 6.07 Å². The highest BCUT2D eigenvalue weighted by molar-refractivity contribution is 7.10. The summed E-state index contributed by atoms with van der Waals surface area (Å²) in [5.74, 6) is 0. The van der Waals surface area contributed by atoms with E-state index in [1.165, 1.54) is 4.88 Å². The molecule has 2 unspecified atom stereocenters. The molecule has 0 radical (unpaired) electrons. The Bertz CT molecular complexity index is 342. The quantitative estimate of drug-likeness (QED) is 0.833. The molecule has 80 valence electrons. The standard InChI is InChI=1S/C11H15N3S/c1-8(10-5-6-12-14-10)13-9(2)11-4-3-7-15-11/h3-9,13H,1-2H3,(H,12,14). The van der Waals surface area contributed by atoms with Crippen molar-refractivity contribution in [2.45, 2.75) is 25.9 Å². The maximum Gasteiger partial charge on any atom is 0.0518 e. The van der Waals surface area contributed by atoms with Gasteiger partial charge in [-0.3, -0.25) is 5.10 Å². The molecule has 0 saturated heterocycles. The van der Waals surface area contributed by atoms with Crippen molar-refractivity contribution in [2.75, 3.05) is 0 Å². The third-order valence-electron chi connectivity index (χ3n) is 2.46. The third kappa shape index (κ3) is 2.46. The van der Waals surface area contributed by atoms with Crippen molar-refractivity contribution in [2.24, 2.45) is 0 Å². The topological polar surface area (TPSA) is 40.7 Å². The lowest BCUT2D eigenvalue weighted by atomic mass is 10.2. The zero-order chi connectivity index (χ0) is 10.7. The van der Waals surface area contributed by atoms with Gasteiger partial charge in [-0.05, 0) is 31.4 Å². The zero-order valence-corrected chi connectivity index (χ0v) is 9.71. The van der Waals surface area contributed by atoms with Crippen molar-refractivity contribution < 1.29 is 0 Å². The van der Waals surface area contributed by atoms with Crippen LogP contribution in [-0.2, 0) is 0 Å². The van der Waals surface area contributed by atoms with Crippen LogP contribution in [0.4, 0.5) is 0 Å². The molecule has 2 aromatic rings. The Hall–Kier alpha value is -1.13. The molecule has 2 N–H and O–H groups in total. The van der Waals surface area contributed by atoms with Crippen LogP contribution >= 0.6 is 11.3 Å². The normalized spacial score (nSPS) is 15.1. The van der Waals surface area contributed by atoms with E-state index < -0.39 is 0 Å². The van der Waals surface area contributed by atoms with Crippen LogP contribution < -0.4 is 5.32 Å². The summed E-state index contributed by atoms with van der Waals surface area (Å²) in [7, 11) is 0. The first-order valence-electron chi connectivity index (χ1n) is 5.06. The molecule has 2 aromatic heterocycles. The number of nitrogens with one attached hydrogen (secondary N) is 2. The van der Waals surface area contributed by atoms with Gasteiger partial charge in [-0.25, -0.2) is 0 Å². The van der Waals surface area contributed by atoms with Crippen LogP contribution in [-0.4, -0.2) is 10.2 Å². The first-order chi connectivity index (χ1) is 7.27. The SMILES string of the molecule is CC(NC(C)c1cccs1)c1ccn[nH]1. The van der Waals surface area contributed by atoms with E-state index in [0.717, 1.165) is 5.69 Å². The highest BCUT2D eigenvalue weighted by atomic mass is 32.1. The largest absolute Gasteiger partial charge is 0.301 e. The Morgan fingerprint density at radius 2 is 2.20 bits per heavy atom. The van der Waals surface area contributed by atoms with E-state index in [4.69, 9.17) is 0 Å². The molecule has 0 bridgehead atoms. The lowest BCUT2D eigenvalue weighted by molar-refractivity contribution is 0.491. The van der Waals surface area contributed by atoms with Gasteiger partial charge in [0.2, 0.25) is 0 Å². The van der Waals surface area contributed by atoms with Crippen LogP contribution in [0.5, 0.6) is 0 Å². The summed E-state index contributed by atoms with van der Waals surface area (Å²) < 4.78 is 0. The Balaban J connectivity index is 1.98. The van der Waals surface area contributed by atoms with E-state index >= 15 is 0 Å². The van der Waals surface area contributed by atoms with Crippen molar-refractivity contribution in [1.82, 2.24) is 15.5 Å². The van der Waals surface area contributed by atoms with Crippen LogP contribution in [0, 0.1) is 0 Å². The molecule has 15 heavy (non-hydrogen) atoms. The van der Waals surface area contributed by atoms with Crippen LogP contribution in [0.2, 0.25) is 0 Å². The lowest BCUT2D eigenvalue weighted by Crippen LogP contribution is -2.22. The average molecular weight is 221 g/mol. The maximum absolute atomic E-state index is 3.95. The summed E-state index contributed by atoms with van der Waals surface area (Å²) in [4.78, 5) is 1.36. The number of thiophene rings is 1. The van der Waals surface area contributed by atoms with Gasteiger partial charge in [0, 0.05) is 23.2 Å². The van der Waals surface area contributed by atoms with E-state index in [9.17, 15) is 0 Å².